The topological polar surface area (TPSA) is 57.7 Å². The number of halogens is 1. The summed E-state index contributed by atoms with van der Waals surface area (Å²) < 4.78 is 15.8. The molecule has 0 atom stereocenters. The number of pyridine rings is 1. The van der Waals surface area contributed by atoms with E-state index in [-0.39, 0.29) is 0 Å². The molecule has 1 aliphatic rings. The molecule has 24 heavy (non-hydrogen) atoms. The second-order valence-electron chi connectivity index (χ2n) is 5.68. The molecule has 5 nitrogen and oxygen atoms in total. The number of imidazole rings is 1. The third kappa shape index (κ3) is 2.61. The molecule has 6 heteroatoms. The number of nitrogens with zero attached hydrogens (tertiary/aromatic N) is 5. The van der Waals surface area contributed by atoms with Gasteiger partial charge in [0.15, 0.2) is 0 Å². The predicted octanol–water partition coefficient (Wildman–Crippen LogP) is 2.98. The number of hydrogen-bond acceptors (Lipinski definition) is 4. The molecule has 1 aromatic carbocycles. The maximum absolute atomic E-state index is 13.7. The van der Waals surface area contributed by atoms with E-state index < -0.39 is 5.82 Å². The minimum atomic E-state index is -0.396. The predicted molar refractivity (Wildman–Crippen MR) is 87.6 cm³/mol. The molecule has 0 unspecified atom stereocenters. The molecule has 0 saturated heterocycles. The SMILES string of the molecule is N#Cc1cc(F)cc(N2CCn3cc(-c4ccccn4)nc3C2)c1. The summed E-state index contributed by atoms with van der Waals surface area (Å²) in [6, 6.07) is 12.1. The van der Waals surface area contributed by atoms with Crippen molar-refractivity contribution in [2.24, 2.45) is 0 Å². The summed E-state index contributed by atoms with van der Waals surface area (Å²) in [5, 5.41) is 9.01. The fourth-order valence-electron chi connectivity index (χ4n) is 2.93. The summed E-state index contributed by atoms with van der Waals surface area (Å²) >= 11 is 0. The number of rotatable bonds is 2. The Balaban J connectivity index is 1.64. The van der Waals surface area contributed by atoms with Crippen LogP contribution in [0.15, 0.2) is 48.8 Å². The van der Waals surface area contributed by atoms with E-state index in [1.54, 1.807) is 12.3 Å². The maximum Gasteiger partial charge on any atom is 0.129 e. The Hall–Kier alpha value is -3.20. The monoisotopic (exact) mass is 319 g/mol. The highest BCUT2D eigenvalue weighted by molar-refractivity contribution is 5.55. The number of hydrogen-bond donors (Lipinski definition) is 0. The Morgan fingerprint density at radius 1 is 1.12 bits per heavy atom. The van der Waals surface area contributed by atoms with Gasteiger partial charge in [0.25, 0.3) is 0 Å². The van der Waals surface area contributed by atoms with Gasteiger partial charge in [0.05, 0.1) is 23.9 Å². The van der Waals surface area contributed by atoms with Crippen molar-refractivity contribution in [3.8, 4) is 17.5 Å². The van der Waals surface area contributed by atoms with Crippen molar-refractivity contribution in [1.29, 1.82) is 5.26 Å². The van der Waals surface area contributed by atoms with Gasteiger partial charge in [0, 0.05) is 31.2 Å². The van der Waals surface area contributed by atoms with Crippen molar-refractivity contribution in [3.05, 3.63) is 66.0 Å². The molecular weight excluding hydrogens is 305 g/mol. The molecule has 118 valence electrons. The number of fused-ring (bicyclic) bond motifs is 1. The van der Waals surface area contributed by atoms with E-state index in [1.807, 2.05) is 35.4 Å². The maximum atomic E-state index is 13.7. The largest absolute Gasteiger partial charge is 0.362 e. The van der Waals surface area contributed by atoms with Gasteiger partial charge in [0.1, 0.15) is 17.3 Å². The van der Waals surface area contributed by atoms with Crippen molar-refractivity contribution in [1.82, 2.24) is 14.5 Å². The molecule has 0 spiro atoms. The molecule has 3 aromatic rings. The van der Waals surface area contributed by atoms with Crippen molar-refractivity contribution in [3.63, 3.8) is 0 Å². The van der Waals surface area contributed by atoms with Gasteiger partial charge in [-0.25, -0.2) is 9.37 Å². The molecular formula is C18H14FN5. The van der Waals surface area contributed by atoms with Crippen molar-refractivity contribution in [2.45, 2.75) is 13.1 Å². The Morgan fingerprint density at radius 2 is 2.04 bits per heavy atom. The second-order valence-corrected chi connectivity index (χ2v) is 5.68. The minimum absolute atomic E-state index is 0.327. The zero-order valence-electron chi connectivity index (χ0n) is 12.9. The summed E-state index contributed by atoms with van der Waals surface area (Å²) in [5.74, 6) is 0.511. The number of anilines is 1. The van der Waals surface area contributed by atoms with E-state index >= 15 is 0 Å². The quantitative estimate of drug-likeness (QED) is 0.728. The molecule has 0 saturated carbocycles. The normalized spacial score (nSPS) is 13.4. The van der Waals surface area contributed by atoms with E-state index in [2.05, 4.69) is 14.5 Å². The Morgan fingerprint density at radius 3 is 2.83 bits per heavy atom. The van der Waals surface area contributed by atoms with E-state index in [1.165, 1.54) is 12.1 Å². The van der Waals surface area contributed by atoms with Crippen LogP contribution < -0.4 is 4.90 Å². The fraction of sp³-hybridized carbons (Fsp3) is 0.167. The first-order chi connectivity index (χ1) is 11.7. The molecule has 0 N–H and O–H groups in total. The zero-order chi connectivity index (χ0) is 16.5. The molecule has 0 radical (unpaired) electrons. The van der Waals surface area contributed by atoms with Crippen molar-refractivity contribution < 1.29 is 4.39 Å². The standard InChI is InChI=1S/C18H14FN5/c19-14-7-13(10-20)8-15(9-14)23-5-6-24-11-17(22-18(24)12-23)16-3-1-2-4-21-16/h1-4,7-9,11H,5-6,12H2. The Labute approximate surface area is 138 Å². The van der Waals surface area contributed by atoms with Gasteiger partial charge < -0.3 is 9.47 Å². The Bertz CT molecular complexity index is 926. The average molecular weight is 319 g/mol. The Kier molecular flexibility index (Phi) is 3.47. The lowest BCUT2D eigenvalue weighted by Gasteiger charge is -2.29. The van der Waals surface area contributed by atoms with E-state index in [4.69, 9.17) is 5.26 Å². The van der Waals surface area contributed by atoms with Crippen LogP contribution in [0, 0.1) is 17.1 Å². The third-order valence-electron chi connectivity index (χ3n) is 4.11. The van der Waals surface area contributed by atoms with Gasteiger partial charge in [-0.15, -0.1) is 0 Å². The van der Waals surface area contributed by atoms with Crippen LogP contribution in [0.2, 0.25) is 0 Å². The molecule has 0 amide bonds. The number of nitriles is 1. The first-order valence-electron chi connectivity index (χ1n) is 7.66. The number of benzene rings is 1. The highest BCUT2D eigenvalue weighted by Gasteiger charge is 2.20. The molecule has 0 bridgehead atoms. The van der Waals surface area contributed by atoms with Crippen LogP contribution in [0.3, 0.4) is 0 Å². The smallest absolute Gasteiger partial charge is 0.129 e. The van der Waals surface area contributed by atoms with Crippen molar-refractivity contribution in [2.75, 3.05) is 11.4 Å². The molecule has 0 fully saturated rings. The minimum Gasteiger partial charge on any atom is -0.362 e. The first kappa shape index (κ1) is 14.4. The molecule has 2 aromatic heterocycles. The molecule has 0 aliphatic carbocycles. The van der Waals surface area contributed by atoms with Gasteiger partial charge in [-0.05, 0) is 30.3 Å². The molecule has 3 heterocycles. The lowest BCUT2D eigenvalue weighted by molar-refractivity contribution is 0.557. The van der Waals surface area contributed by atoms with Gasteiger partial charge in [0.2, 0.25) is 0 Å². The second kappa shape index (κ2) is 5.78. The summed E-state index contributed by atoms with van der Waals surface area (Å²) in [6.07, 6.45) is 3.75. The van der Waals surface area contributed by atoms with Gasteiger partial charge >= 0.3 is 0 Å². The third-order valence-corrected chi connectivity index (χ3v) is 4.11. The van der Waals surface area contributed by atoms with Crippen LogP contribution in [0.1, 0.15) is 11.4 Å². The van der Waals surface area contributed by atoms with Crippen LogP contribution in [-0.4, -0.2) is 21.1 Å². The van der Waals surface area contributed by atoms with E-state index in [0.717, 1.165) is 30.3 Å². The van der Waals surface area contributed by atoms with E-state index in [0.29, 0.717) is 17.8 Å². The van der Waals surface area contributed by atoms with E-state index in [9.17, 15) is 4.39 Å². The van der Waals surface area contributed by atoms with Crippen LogP contribution in [0.5, 0.6) is 0 Å². The highest BCUT2D eigenvalue weighted by Crippen LogP contribution is 2.25. The van der Waals surface area contributed by atoms with Gasteiger partial charge in [-0.1, -0.05) is 6.07 Å². The van der Waals surface area contributed by atoms with Crippen LogP contribution >= 0.6 is 0 Å². The fourth-order valence-corrected chi connectivity index (χ4v) is 2.93. The van der Waals surface area contributed by atoms with Crippen LogP contribution in [-0.2, 0) is 13.1 Å². The molecule has 1 aliphatic heterocycles. The van der Waals surface area contributed by atoms with Crippen molar-refractivity contribution >= 4 is 5.69 Å². The summed E-state index contributed by atoms with van der Waals surface area (Å²) in [7, 11) is 0. The van der Waals surface area contributed by atoms with Crippen LogP contribution in [0.25, 0.3) is 11.4 Å². The summed E-state index contributed by atoms with van der Waals surface area (Å²) in [4.78, 5) is 11.0. The zero-order valence-corrected chi connectivity index (χ0v) is 12.9. The highest BCUT2D eigenvalue weighted by atomic mass is 19.1. The summed E-state index contributed by atoms with van der Waals surface area (Å²) in [6.45, 7) is 2.06. The lowest BCUT2D eigenvalue weighted by Crippen LogP contribution is -2.33. The average Bonchev–Trinajstić information content (AvgIpc) is 3.05. The van der Waals surface area contributed by atoms with Gasteiger partial charge in [-0.3, -0.25) is 4.98 Å². The van der Waals surface area contributed by atoms with Crippen LogP contribution in [0.4, 0.5) is 10.1 Å². The molecule has 4 rings (SSSR count). The summed E-state index contributed by atoms with van der Waals surface area (Å²) in [5.41, 5.74) is 2.71. The lowest BCUT2D eigenvalue weighted by atomic mass is 10.2. The van der Waals surface area contributed by atoms with Gasteiger partial charge in [-0.2, -0.15) is 5.26 Å². The first-order valence-corrected chi connectivity index (χ1v) is 7.66. The number of aromatic nitrogens is 3.